The number of hydrogen-bond acceptors (Lipinski definition) is 3. The van der Waals surface area contributed by atoms with E-state index in [1.807, 2.05) is 19.1 Å². The molecule has 22 heavy (non-hydrogen) atoms. The lowest BCUT2D eigenvalue weighted by Crippen LogP contribution is -2.40. The molecule has 6 heteroatoms. The molecule has 1 aliphatic heterocycles. The minimum absolute atomic E-state index is 0.0804. The number of aromatic amines is 1. The van der Waals surface area contributed by atoms with Crippen molar-refractivity contribution in [1.29, 1.82) is 0 Å². The molecule has 0 aliphatic carbocycles. The highest BCUT2D eigenvalue weighted by Gasteiger charge is 2.22. The summed E-state index contributed by atoms with van der Waals surface area (Å²) in [5.74, 6) is -0.154. The Bertz CT molecular complexity index is 835. The third kappa shape index (κ3) is 2.72. The van der Waals surface area contributed by atoms with Crippen LogP contribution < -0.4 is 16.1 Å². The van der Waals surface area contributed by atoms with Gasteiger partial charge in [0.15, 0.2) is 0 Å². The van der Waals surface area contributed by atoms with Gasteiger partial charge in [-0.1, -0.05) is 17.7 Å². The molecule has 1 aromatic carbocycles. The van der Waals surface area contributed by atoms with Crippen molar-refractivity contribution in [3.8, 4) is 0 Å². The number of carbonyl (C=O) groups excluding carboxylic acids is 1. The molecule has 2 heterocycles. The minimum atomic E-state index is -0.568. The summed E-state index contributed by atoms with van der Waals surface area (Å²) in [6, 6.07) is 7.27. The van der Waals surface area contributed by atoms with E-state index in [-0.39, 0.29) is 12.5 Å². The van der Waals surface area contributed by atoms with Crippen LogP contribution in [0.15, 0.2) is 40.1 Å². The highest BCUT2D eigenvalue weighted by Crippen LogP contribution is 2.28. The number of carbonyl (C=O) groups is 1. The predicted octanol–water partition coefficient (Wildman–Crippen LogP) is 0.824. The molecule has 0 bridgehead atoms. The summed E-state index contributed by atoms with van der Waals surface area (Å²) in [5.41, 5.74) is 2.21. The summed E-state index contributed by atoms with van der Waals surface area (Å²) in [5, 5.41) is 0. The summed E-state index contributed by atoms with van der Waals surface area (Å²) in [6.07, 6.45) is 3.21. The van der Waals surface area contributed by atoms with E-state index < -0.39 is 11.2 Å². The summed E-state index contributed by atoms with van der Waals surface area (Å²) in [7, 11) is 0. The lowest BCUT2D eigenvalue weighted by molar-refractivity contribution is -0.119. The Morgan fingerprint density at radius 3 is 2.86 bits per heavy atom. The van der Waals surface area contributed by atoms with Crippen LogP contribution in [0.4, 0.5) is 5.69 Å². The third-order valence-electron chi connectivity index (χ3n) is 3.86. The lowest BCUT2D eigenvalue weighted by atomic mass is 9.99. The van der Waals surface area contributed by atoms with Gasteiger partial charge in [0.1, 0.15) is 6.54 Å². The number of rotatable bonds is 2. The number of fused-ring (bicyclic) bond motifs is 1. The first-order valence-electron chi connectivity index (χ1n) is 7.24. The lowest BCUT2D eigenvalue weighted by Gasteiger charge is -2.30. The Morgan fingerprint density at radius 2 is 2.09 bits per heavy atom. The number of benzene rings is 1. The van der Waals surface area contributed by atoms with Crippen molar-refractivity contribution in [2.45, 2.75) is 26.3 Å². The predicted molar refractivity (Wildman–Crippen MR) is 83.2 cm³/mol. The zero-order valence-electron chi connectivity index (χ0n) is 12.3. The second-order valence-corrected chi connectivity index (χ2v) is 5.52. The van der Waals surface area contributed by atoms with Crippen molar-refractivity contribution in [3.05, 3.63) is 62.4 Å². The highest BCUT2D eigenvalue weighted by atomic mass is 16.2. The first kappa shape index (κ1) is 14.3. The van der Waals surface area contributed by atoms with Crippen molar-refractivity contribution in [2.75, 3.05) is 11.4 Å². The summed E-state index contributed by atoms with van der Waals surface area (Å²) >= 11 is 0. The van der Waals surface area contributed by atoms with Crippen LogP contribution in [-0.4, -0.2) is 22.0 Å². The molecule has 0 radical (unpaired) electrons. The van der Waals surface area contributed by atoms with Gasteiger partial charge in [0.2, 0.25) is 5.91 Å². The van der Waals surface area contributed by atoms with Crippen LogP contribution in [0, 0.1) is 6.92 Å². The number of hydrogen-bond donors (Lipinski definition) is 1. The van der Waals surface area contributed by atoms with Crippen molar-refractivity contribution in [3.63, 3.8) is 0 Å². The largest absolute Gasteiger partial charge is 0.328 e. The second-order valence-electron chi connectivity index (χ2n) is 5.52. The van der Waals surface area contributed by atoms with Gasteiger partial charge < -0.3 is 4.90 Å². The normalized spacial score (nSPS) is 13.8. The van der Waals surface area contributed by atoms with Gasteiger partial charge in [0.05, 0.1) is 0 Å². The average Bonchev–Trinajstić information content (AvgIpc) is 2.49. The zero-order chi connectivity index (χ0) is 15.7. The van der Waals surface area contributed by atoms with E-state index in [9.17, 15) is 14.4 Å². The second kappa shape index (κ2) is 5.63. The van der Waals surface area contributed by atoms with E-state index in [1.165, 1.54) is 22.4 Å². The number of aromatic nitrogens is 2. The molecule has 1 aliphatic rings. The molecule has 0 unspecified atom stereocenters. The molecule has 0 spiro atoms. The Kier molecular flexibility index (Phi) is 3.66. The SMILES string of the molecule is Cc1ccc2c(c1)CCCN2C(=O)Cn1ccc(=O)[nH]c1=O. The maximum atomic E-state index is 12.5. The molecule has 1 aromatic heterocycles. The first-order valence-corrected chi connectivity index (χ1v) is 7.24. The van der Waals surface area contributed by atoms with Crippen molar-refractivity contribution >= 4 is 11.6 Å². The van der Waals surface area contributed by atoms with Gasteiger partial charge in [0.25, 0.3) is 5.56 Å². The van der Waals surface area contributed by atoms with Crippen LogP contribution >= 0.6 is 0 Å². The van der Waals surface area contributed by atoms with E-state index in [2.05, 4.69) is 11.1 Å². The fraction of sp³-hybridized carbons (Fsp3) is 0.312. The summed E-state index contributed by atoms with van der Waals surface area (Å²) < 4.78 is 1.21. The average molecular weight is 299 g/mol. The fourth-order valence-corrected chi connectivity index (χ4v) is 2.78. The number of nitrogens with zero attached hydrogens (tertiary/aromatic N) is 2. The Hall–Kier alpha value is -2.63. The van der Waals surface area contributed by atoms with Gasteiger partial charge in [-0.2, -0.15) is 0 Å². The van der Waals surface area contributed by atoms with E-state index in [0.717, 1.165) is 24.1 Å². The van der Waals surface area contributed by atoms with E-state index in [1.54, 1.807) is 4.90 Å². The molecule has 0 saturated carbocycles. The quantitative estimate of drug-likeness (QED) is 0.892. The molecule has 0 atom stereocenters. The van der Waals surface area contributed by atoms with Crippen LogP contribution in [0.1, 0.15) is 17.5 Å². The molecule has 0 saturated heterocycles. The molecule has 114 valence electrons. The summed E-state index contributed by atoms with van der Waals surface area (Å²) in [4.78, 5) is 39.1. The standard InChI is InChI=1S/C16H17N3O3/c1-11-4-5-13-12(9-11)3-2-7-19(13)15(21)10-18-8-6-14(20)17-16(18)22/h4-6,8-9H,2-3,7,10H2,1H3,(H,17,20,22). The number of amides is 1. The molecule has 6 nitrogen and oxygen atoms in total. The van der Waals surface area contributed by atoms with Gasteiger partial charge >= 0.3 is 5.69 Å². The van der Waals surface area contributed by atoms with E-state index >= 15 is 0 Å². The topological polar surface area (TPSA) is 75.2 Å². The van der Waals surface area contributed by atoms with Crippen molar-refractivity contribution in [1.82, 2.24) is 9.55 Å². The monoisotopic (exact) mass is 299 g/mol. The number of nitrogens with one attached hydrogen (secondary N) is 1. The van der Waals surface area contributed by atoms with Crippen LogP contribution in [-0.2, 0) is 17.8 Å². The maximum absolute atomic E-state index is 12.5. The van der Waals surface area contributed by atoms with Crippen LogP contribution in [0.5, 0.6) is 0 Å². The third-order valence-corrected chi connectivity index (χ3v) is 3.86. The zero-order valence-corrected chi connectivity index (χ0v) is 12.3. The maximum Gasteiger partial charge on any atom is 0.328 e. The number of H-pyrrole nitrogens is 1. The van der Waals surface area contributed by atoms with Gasteiger partial charge in [-0.3, -0.25) is 19.1 Å². The van der Waals surface area contributed by atoms with Crippen LogP contribution in [0.3, 0.4) is 0 Å². The molecule has 0 fully saturated rings. The number of anilines is 1. The Balaban J connectivity index is 1.88. The minimum Gasteiger partial charge on any atom is -0.311 e. The van der Waals surface area contributed by atoms with Crippen LogP contribution in [0.25, 0.3) is 0 Å². The molecular weight excluding hydrogens is 282 g/mol. The molecule has 1 N–H and O–H groups in total. The summed E-state index contributed by atoms with van der Waals surface area (Å²) in [6.45, 7) is 2.59. The highest BCUT2D eigenvalue weighted by molar-refractivity contribution is 5.94. The van der Waals surface area contributed by atoms with Crippen LogP contribution in [0.2, 0.25) is 0 Å². The molecule has 2 aromatic rings. The van der Waals surface area contributed by atoms with Gasteiger partial charge in [0, 0.05) is 24.5 Å². The number of aryl methyl sites for hydroxylation is 2. The van der Waals surface area contributed by atoms with Gasteiger partial charge in [-0.15, -0.1) is 0 Å². The van der Waals surface area contributed by atoms with Gasteiger partial charge in [-0.05, 0) is 31.4 Å². The van der Waals surface area contributed by atoms with E-state index in [0.29, 0.717) is 6.54 Å². The molecular formula is C16H17N3O3. The Morgan fingerprint density at radius 1 is 1.27 bits per heavy atom. The fourth-order valence-electron chi connectivity index (χ4n) is 2.78. The van der Waals surface area contributed by atoms with Crippen molar-refractivity contribution in [2.24, 2.45) is 0 Å². The van der Waals surface area contributed by atoms with Gasteiger partial charge in [-0.25, -0.2) is 4.79 Å². The Labute approximate surface area is 127 Å². The first-order chi connectivity index (χ1) is 10.5. The smallest absolute Gasteiger partial charge is 0.311 e. The molecule has 1 amide bonds. The molecule has 3 rings (SSSR count). The van der Waals surface area contributed by atoms with E-state index in [4.69, 9.17) is 0 Å². The van der Waals surface area contributed by atoms with Crippen molar-refractivity contribution < 1.29 is 4.79 Å².